The fourth-order valence-electron chi connectivity index (χ4n) is 1.90. The maximum atomic E-state index is 11.4. The molecular formula is C13H17NO4. The first-order chi connectivity index (χ1) is 8.72. The van der Waals surface area contributed by atoms with Gasteiger partial charge in [-0.25, -0.2) is 0 Å². The summed E-state index contributed by atoms with van der Waals surface area (Å²) in [5, 5.41) is 0. The fraction of sp³-hybridized carbons (Fsp3) is 0.462. The van der Waals surface area contributed by atoms with Crippen molar-refractivity contribution in [1.29, 1.82) is 0 Å². The number of para-hydroxylation sites is 1. The number of nitrogens with two attached hydrogens (primary N) is 1. The first-order valence-electron chi connectivity index (χ1n) is 6.02. The molecule has 18 heavy (non-hydrogen) atoms. The predicted octanol–water partition coefficient (Wildman–Crippen LogP) is 1.41. The lowest BCUT2D eigenvalue weighted by molar-refractivity contribution is -0.143. The van der Waals surface area contributed by atoms with Crippen LogP contribution in [0.4, 0.5) is 0 Å². The molecule has 0 radical (unpaired) electrons. The lowest BCUT2D eigenvalue weighted by atomic mass is 10.0. The van der Waals surface area contributed by atoms with Crippen LogP contribution in [0.15, 0.2) is 18.2 Å². The lowest BCUT2D eigenvalue weighted by Crippen LogP contribution is -2.21. The highest BCUT2D eigenvalue weighted by Crippen LogP contribution is 2.37. The van der Waals surface area contributed by atoms with Crippen molar-refractivity contribution in [2.75, 3.05) is 19.8 Å². The Balaban J connectivity index is 2.15. The number of fused-ring (bicyclic) bond motifs is 1. The van der Waals surface area contributed by atoms with Gasteiger partial charge in [0.25, 0.3) is 0 Å². The van der Waals surface area contributed by atoms with Crippen molar-refractivity contribution in [3.63, 3.8) is 0 Å². The Morgan fingerprint density at radius 2 is 2.22 bits per heavy atom. The summed E-state index contributed by atoms with van der Waals surface area (Å²) in [7, 11) is 0. The van der Waals surface area contributed by atoms with Crippen LogP contribution in [-0.2, 0) is 9.53 Å². The zero-order chi connectivity index (χ0) is 13.0. The van der Waals surface area contributed by atoms with Crippen LogP contribution in [0.3, 0.4) is 0 Å². The summed E-state index contributed by atoms with van der Waals surface area (Å²) in [5.74, 6) is 1.01. The summed E-state index contributed by atoms with van der Waals surface area (Å²) < 4.78 is 15.9. The van der Waals surface area contributed by atoms with Crippen LogP contribution >= 0.6 is 0 Å². The van der Waals surface area contributed by atoms with E-state index in [1.165, 1.54) is 0 Å². The molecule has 0 saturated heterocycles. The zero-order valence-electron chi connectivity index (χ0n) is 10.3. The lowest BCUT2D eigenvalue weighted by Gasteiger charge is -2.23. The van der Waals surface area contributed by atoms with Gasteiger partial charge in [-0.1, -0.05) is 12.1 Å². The topological polar surface area (TPSA) is 70.8 Å². The number of carbonyl (C=O) groups is 1. The Morgan fingerprint density at radius 1 is 1.44 bits per heavy atom. The minimum absolute atomic E-state index is 0.133. The highest BCUT2D eigenvalue weighted by Gasteiger charge is 2.21. The Morgan fingerprint density at radius 3 is 3.00 bits per heavy atom. The van der Waals surface area contributed by atoms with E-state index in [4.69, 9.17) is 19.9 Å². The van der Waals surface area contributed by atoms with Gasteiger partial charge in [-0.15, -0.1) is 0 Å². The SMILES string of the molecule is CCOC(=O)C[C@@H](N)c1cccc2c1OCCO2. The second-order valence-corrected chi connectivity index (χ2v) is 3.99. The number of carbonyl (C=O) groups excluding carboxylic acids is 1. The van der Waals surface area contributed by atoms with Crippen molar-refractivity contribution >= 4 is 5.97 Å². The van der Waals surface area contributed by atoms with Crippen LogP contribution in [0, 0.1) is 0 Å². The van der Waals surface area contributed by atoms with Crippen LogP contribution < -0.4 is 15.2 Å². The Bertz CT molecular complexity index is 433. The third-order valence-electron chi connectivity index (χ3n) is 2.69. The molecule has 5 heteroatoms. The molecule has 2 N–H and O–H groups in total. The van der Waals surface area contributed by atoms with Gasteiger partial charge >= 0.3 is 5.97 Å². The molecule has 1 heterocycles. The van der Waals surface area contributed by atoms with E-state index in [1.54, 1.807) is 6.92 Å². The van der Waals surface area contributed by atoms with Gasteiger partial charge in [-0.3, -0.25) is 4.79 Å². The normalized spacial score (nSPS) is 15.0. The average Bonchev–Trinajstić information content (AvgIpc) is 2.38. The smallest absolute Gasteiger partial charge is 0.307 e. The van der Waals surface area contributed by atoms with E-state index in [0.717, 1.165) is 5.56 Å². The molecule has 0 aliphatic carbocycles. The molecule has 1 aliphatic rings. The number of hydrogen-bond acceptors (Lipinski definition) is 5. The molecule has 0 saturated carbocycles. The van der Waals surface area contributed by atoms with Crippen molar-refractivity contribution in [2.45, 2.75) is 19.4 Å². The standard InChI is InChI=1S/C13H17NO4/c1-2-16-12(15)8-10(14)9-4-3-5-11-13(9)18-7-6-17-11/h3-5,10H,2,6-8,14H2,1H3/t10-/m1/s1. The average molecular weight is 251 g/mol. The van der Waals surface area contributed by atoms with Gasteiger partial charge in [0.15, 0.2) is 11.5 Å². The van der Waals surface area contributed by atoms with Crippen LogP contribution in [0.2, 0.25) is 0 Å². The van der Waals surface area contributed by atoms with Crippen LogP contribution in [0.5, 0.6) is 11.5 Å². The number of rotatable bonds is 4. The molecular weight excluding hydrogens is 234 g/mol. The summed E-state index contributed by atoms with van der Waals surface area (Å²) in [4.78, 5) is 11.4. The van der Waals surface area contributed by atoms with Gasteiger partial charge in [0.2, 0.25) is 0 Å². The van der Waals surface area contributed by atoms with Crippen molar-refractivity contribution in [3.05, 3.63) is 23.8 Å². The Hall–Kier alpha value is -1.75. The van der Waals surface area contributed by atoms with E-state index >= 15 is 0 Å². The van der Waals surface area contributed by atoms with Crippen LogP contribution in [0.25, 0.3) is 0 Å². The summed E-state index contributed by atoms with van der Waals surface area (Å²) in [6.45, 7) is 3.16. The molecule has 1 aromatic rings. The first-order valence-corrected chi connectivity index (χ1v) is 6.02. The van der Waals surface area contributed by atoms with Gasteiger partial charge in [0, 0.05) is 11.6 Å². The van der Waals surface area contributed by atoms with Gasteiger partial charge in [-0.2, -0.15) is 0 Å². The predicted molar refractivity (Wildman–Crippen MR) is 65.6 cm³/mol. The number of hydrogen-bond donors (Lipinski definition) is 1. The molecule has 0 spiro atoms. The molecule has 0 amide bonds. The summed E-state index contributed by atoms with van der Waals surface area (Å²) in [6, 6.07) is 5.07. The van der Waals surface area contributed by atoms with E-state index in [1.807, 2.05) is 18.2 Å². The largest absolute Gasteiger partial charge is 0.486 e. The third-order valence-corrected chi connectivity index (χ3v) is 2.69. The number of ether oxygens (including phenoxy) is 3. The van der Waals surface area contributed by atoms with Gasteiger partial charge in [0.1, 0.15) is 13.2 Å². The molecule has 0 aromatic heterocycles. The zero-order valence-corrected chi connectivity index (χ0v) is 10.3. The molecule has 1 aromatic carbocycles. The monoisotopic (exact) mass is 251 g/mol. The summed E-state index contributed by atoms with van der Waals surface area (Å²) in [5.41, 5.74) is 6.79. The third kappa shape index (κ3) is 2.73. The maximum absolute atomic E-state index is 11.4. The number of benzene rings is 1. The van der Waals surface area contributed by atoms with E-state index in [-0.39, 0.29) is 12.4 Å². The van der Waals surface area contributed by atoms with E-state index in [2.05, 4.69) is 0 Å². The van der Waals surface area contributed by atoms with Crippen LogP contribution in [-0.4, -0.2) is 25.8 Å². The molecule has 0 bridgehead atoms. The molecule has 5 nitrogen and oxygen atoms in total. The summed E-state index contributed by atoms with van der Waals surface area (Å²) >= 11 is 0. The fourth-order valence-corrected chi connectivity index (χ4v) is 1.90. The van der Waals surface area contributed by atoms with Crippen molar-refractivity contribution in [3.8, 4) is 11.5 Å². The van der Waals surface area contributed by atoms with Crippen molar-refractivity contribution in [1.82, 2.24) is 0 Å². The minimum Gasteiger partial charge on any atom is -0.486 e. The number of esters is 1. The van der Waals surface area contributed by atoms with E-state index in [0.29, 0.717) is 31.3 Å². The molecule has 98 valence electrons. The summed E-state index contributed by atoms with van der Waals surface area (Å²) in [6.07, 6.45) is 0.133. The molecule has 1 aliphatic heterocycles. The minimum atomic E-state index is -0.444. The Kier molecular flexibility index (Phi) is 4.04. The highest BCUT2D eigenvalue weighted by molar-refractivity contribution is 5.70. The van der Waals surface area contributed by atoms with Gasteiger partial charge < -0.3 is 19.9 Å². The Labute approximate surface area is 106 Å². The van der Waals surface area contributed by atoms with Crippen molar-refractivity contribution in [2.24, 2.45) is 5.73 Å². The second kappa shape index (κ2) is 5.73. The first kappa shape index (κ1) is 12.7. The second-order valence-electron chi connectivity index (χ2n) is 3.99. The van der Waals surface area contributed by atoms with E-state index < -0.39 is 6.04 Å². The molecule has 1 atom stereocenters. The molecule has 2 rings (SSSR count). The molecule has 0 unspecified atom stereocenters. The highest BCUT2D eigenvalue weighted by atomic mass is 16.6. The molecule has 0 fully saturated rings. The van der Waals surface area contributed by atoms with Gasteiger partial charge in [-0.05, 0) is 13.0 Å². The van der Waals surface area contributed by atoms with Crippen molar-refractivity contribution < 1.29 is 19.0 Å². The van der Waals surface area contributed by atoms with E-state index in [9.17, 15) is 4.79 Å². The van der Waals surface area contributed by atoms with Gasteiger partial charge in [0.05, 0.1) is 13.0 Å². The maximum Gasteiger partial charge on any atom is 0.307 e. The van der Waals surface area contributed by atoms with Crippen LogP contribution in [0.1, 0.15) is 24.9 Å². The quantitative estimate of drug-likeness (QED) is 0.819.